The normalized spacial score (nSPS) is 18.9. The van der Waals surface area contributed by atoms with Crippen LogP contribution in [-0.4, -0.2) is 94.3 Å². The molecule has 2 heterocycles. The first-order valence-corrected chi connectivity index (χ1v) is 11.8. The number of rotatable bonds is 8. The number of hydrogen-bond donors (Lipinski definition) is 1. The van der Waals surface area contributed by atoms with E-state index in [1.807, 2.05) is 19.2 Å². The summed E-state index contributed by atoms with van der Waals surface area (Å²) >= 11 is 0. The Balaban J connectivity index is 0.00000363. The number of nitrogens with zero attached hydrogens (tertiary/aromatic N) is 4. The summed E-state index contributed by atoms with van der Waals surface area (Å²) in [5.41, 5.74) is 1.17. The van der Waals surface area contributed by atoms with E-state index in [0.717, 1.165) is 62.6 Å². The molecule has 0 spiro atoms. The fourth-order valence-corrected chi connectivity index (χ4v) is 4.66. The molecule has 2 saturated heterocycles. The van der Waals surface area contributed by atoms with Gasteiger partial charge in [-0.05, 0) is 63.0 Å². The predicted molar refractivity (Wildman–Crippen MR) is 143 cm³/mol. The lowest BCUT2D eigenvalue weighted by molar-refractivity contribution is 0.167. The molecular weight excluding hydrogens is 517 g/mol. The first-order chi connectivity index (χ1) is 15.2. The van der Waals surface area contributed by atoms with Gasteiger partial charge >= 0.3 is 0 Å². The highest BCUT2D eigenvalue weighted by molar-refractivity contribution is 14.0. The van der Waals surface area contributed by atoms with E-state index >= 15 is 0 Å². The van der Waals surface area contributed by atoms with Crippen LogP contribution in [-0.2, 0) is 6.54 Å². The molecule has 2 aliphatic rings. The summed E-state index contributed by atoms with van der Waals surface area (Å²) in [5.74, 6) is 3.60. The lowest BCUT2D eigenvalue weighted by Gasteiger charge is -2.37. The highest BCUT2D eigenvalue weighted by Crippen LogP contribution is 2.25. The molecule has 1 aromatic rings. The second-order valence-electron chi connectivity index (χ2n) is 8.65. The largest absolute Gasteiger partial charge is 0.497 e. The monoisotopic (exact) mass is 559 g/mol. The van der Waals surface area contributed by atoms with Gasteiger partial charge in [0.1, 0.15) is 11.5 Å². The van der Waals surface area contributed by atoms with E-state index in [4.69, 9.17) is 9.47 Å². The highest BCUT2D eigenvalue weighted by Gasteiger charge is 2.23. The minimum Gasteiger partial charge on any atom is -0.497 e. The number of methoxy groups -OCH3 is 2. The van der Waals surface area contributed by atoms with Crippen LogP contribution in [0.25, 0.3) is 0 Å². The highest BCUT2D eigenvalue weighted by atomic mass is 127. The topological polar surface area (TPSA) is 52.6 Å². The fourth-order valence-electron chi connectivity index (χ4n) is 4.66. The van der Waals surface area contributed by atoms with Gasteiger partial charge in [0.2, 0.25) is 0 Å². The van der Waals surface area contributed by atoms with E-state index < -0.39 is 0 Å². The van der Waals surface area contributed by atoms with Crippen LogP contribution < -0.4 is 14.8 Å². The summed E-state index contributed by atoms with van der Waals surface area (Å²) in [6, 6.07) is 6.02. The summed E-state index contributed by atoms with van der Waals surface area (Å²) in [5, 5.41) is 3.66. The van der Waals surface area contributed by atoms with Crippen LogP contribution in [0.3, 0.4) is 0 Å². The van der Waals surface area contributed by atoms with Crippen LogP contribution in [0.15, 0.2) is 23.2 Å². The molecule has 0 aliphatic carbocycles. The third-order valence-electron chi connectivity index (χ3n) is 6.56. The summed E-state index contributed by atoms with van der Waals surface area (Å²) in [6.07, 6.45) is 3.84. The third-order valence-corrected chi connectivity index (χ3v) is 6.56. The number of piperazine rings is 1. The van der Waals surface area contributed by atoms with Crippen LogP contribution in [0.1, 0.15) is 31.7 Å². The molecule has 0 atom stereocenters. The van der Waals surface area contributed by atoms with Gasteiger partial charge < -0.3 is 24.6 Å². The van der Waals surface area contributed by atoms with Gasteiger partial charge in [-0.3, -0.25) is 9.89 Å². The summed E-state index contributed by atoms with van der Waals surface area (Å²) in [6.45, 7) is 11.9. The van der Waals surface area contributed by atoms with Crippen molar-refractivity contribution < 1.29 is 9.47 Å². The van der Waals surface area contributed by atoms with E-state index in [1.54, 1.807) is 14.2 Å². The predicted octanol–water partition coefficient (Wildman–Crippen LogP) is 3.14. The standard InChI is InChI=1S/C24H41N5O2.HI/c1-5-10-27-11-8-20(9-12-27)18-26-24(25-2)29-15-13-28(14-16-29)19-21-17-22(30-3)6-7-23(21)31-4;/h6-7,17,20H,5,8-16,18-19H2,1-4H3,(H,25,26);1H. The average molecular weight is 560 g/mol. The number of likely N-dealkylation sites (tertiary alicyclic amines) is 1. The second-order valence-corrected chi connectivity index (χ2v) is 8.65. The number of hydrogen-bond acceptors (Lipinski definition) is 5. The average Bonchev–Trinajstić information content (AvgIpc) is 2.81. The molecule has 0 bridgehead atoms. The maximum absolute atomic E-state index is 5.55. The number of guanidine groups is 1. The van der Waals surface area contributed by atoms with Gasteiger partial charge in [0.25, 0.3) is 0 Å². The van der Waals surface area contributed by atoms with Crippen molar-refractivity contribution in [1.29, 1.82) is 0 Å². The molecule has 182 valence electrons. The van der Waals surface area contributed by atoms with E-state index in [9.17, 15) is 0 Å². The molecule has 1 aromatic carbocycles. The number of aliphatic imine (C=N–C) groups is 1. The molecule has 0 radical (unpaired) electrons. The van der Waals surface area contributed by atoms with Gasteiger partial charge in [-0.25, -0.2) is 0 Å². The molecule has 3 rings (SSSR count). The van der Waals surface area contributed by atoms with Crippen LogP contribution in [0.2, 0.25) is 0 Å². The minimum absolute atomic E-state index is 0. The Hall–Kier alpha value is -1.26. The Morgan fingerprint density at radius 2 is 1.75 bits per heavy atom. The maximum Gasteiger partial charge on any atom is 0.193 e. The number of ether oxygens (including phenoxy) is 2. The quantitative estimate of drug-likeness (QED) is 0.300. The van der Waals surface area contributed by atoms with E-state index in [-0.39, 0.29) is 24.0 Å². The van der Waals surface area contributed by atoms with E-state index in [2.05, 4.69) is 38.0 Å². The Morgan fingerprint density at radius 1 is 1.03 bits per heavy atom. The van der Waals surface area contributed by atoms with Crippen LogP contribution >= 0.6 is 24.0 Å². The van der Waals surface area contributed by atoms with Crippen molar-refractivity contribution in [2.75, 3.05) is 73.6 Å². The number of benzene rings is 1. The molecule has 0 aromatic heterocycles. The zero-order valence-corrected chi connectivity index (χ0v) is 22.6. The number of nitrogens with one attached hydrogen (secondary N) is 1. The van der Waals surface area contributed by atoms with Crippen LogP contribution in [0.4, 0.5) is 0 Å². The third kappa shape index (κ3) is 7.66. The van der Waals surface area contributed by atoms with Gasteiger partial charge in [0.15, 0.2) is 5.96 Å². The Bertz CT molecular complexity index is 702. The van der Waals surface area contributed by atoms with Gasteiger partial charge in [-0.15, -0.1) is 24.0 Å². The number of halogens is 1. The van der Waals surface area contributed by atoms with Crippen LogP contribution in [0.5, 0.6) is 11.5 Å². The molecule has 0 amide bonds. The first kappa shape index (κ1) is 27.0. The van der Waals surface area contributed by atoms with E-state index in [1.165, 1.54) is 44.5 Å². The van der Waals surface area contributed by atoms with Gasteiger partial charge in [0, 0.05) is 51.9 Å². The first-order valence-electron chi connectivity index (χ1n) is 11.8. The van der Waals surface area contributed by atoms with Crippen molar-refractivity contribution in [1.82, 2.24) is 20.0 Å². The SMILES string of the molecule is CCCN1CCC(CNC(=NC)N2CCN(Cc3cc(OC)ccc3OC)CC2)CC1.I. The van der Waals surface area contributed by atoms with Crippen molar-refractivity contribution in [3.8, 4) is 11.5 Å². The molecule has 2 fully saturated rings. The molecule has 8 heteroatoms. The molecule has 2 aliphatic heterocycles. The van der Waals surface area contributed by atoms with Gasteiger partial charge in [0.05, 0.1) is 14.2 Å². The molecular formula is C24H42IN5O2. The van der Waals surface area contributed by atoms with Gasteiger partial charge in [-0.2, -0.15) is 0 Å². The number of piperidine rings is 1. The smallest absolute Gasteiger partial charge is 0.193 e. The Morgan fingerprint density at radius 3 is 2.34 bits per heavy atom. The van der Waals surface area contributed by atoms with Crippen molar-refractivity contribution in [2.45, 2.75) is 32.7 Å². The molecule has 0 unspecified atom stereocenters. The summed E-state index contributed by atoms with van der Waals surface area (Å²) in [7, 11) is 5.34. The lowest BCUT2D eigenvalue weighted by atomic mass is 9.97. The van der Waals surface area contributed by atoms with Gasteiger partial charge in [-0.1, -0.05) is 6.92 Å². The molecule has 1 N–H and O–H groups in total. The Labute approximate surface area is 211 Å². The summed E-state index contributed by atoms with van der Waals surface area (Å²) in [4.78, 5) is 12.0. The lowest BCUT2D eigenvalue weighted by Crippen LogP contribution is -2.53. The Kier molecular flexibility index (Phi) is 11.9. The molecule has 32 heavy (non-hydrogen) atoms. The summed E-state index contributed by atoms with van der Waals surface area (Å²) < 4.78 is 10.9. The zero-order valence-electron chi connectivity index (χ0n) is 20.3. The fraction of sp³-hybridized carbons (Fsp3) is 0.708. The molecule has 7 nitrogen and oxygen atoms in total. The van der Waals surface area contributed by atoms with Crippen LogP contribution in [0, 0.1) is 5.92 Å². The van der Waals surface area contributed by atoms with E-state index in [0.29, 0.717) is 0 Å². The minimum atomic E-state index is 0. The molecule has 0 saturated carbocycles. The van der Waals surface area contributed by atoms with Crippen molar-refractivity contribution in [3.05, 3.63) is 23.8 Å². The second kappa shape index (κ2) is 14.1. The maximum atomic E-state index is 5.55. The van der Waals surface area contributed by atoms with Crippen molar-refractivity contribution in [3.63, 3.8) is 0 Å². The van der Waals surface area contributed by atoms with Crippen molar-refractivity contribution >= 4 is 29.9 Å². The van der Waals surface area contributed by atoms with Crippen molar-refractivity contribution in [2.24, 2.45) is 10.9 Å². The zero-order chi connectivity index (χ0) is 22.1.